The molecule has 8 nitrogen and oxygen atoms in total. The predicted molar refractivity (Wildman–Crippen MR) is 95.6 cm³/mol. The van der Waals surface area contributed by atoms with E-state index in [4.69, 9.17) is 9.47 Å². The number of hydrogen-bond acceptors (Lipinski definition) is 6. The SMILES string of the molecule is C=Cc1cc(I)c(Oc2ccc([N+](=O)[O-])cc2[N+](=O)[O-])c(OC)c1. The normalized spacial score (nSPS) is 10.1. The summed E-state index contributed by atoms with van der Waals surface area (Å²) < 4.78 is 11.5. The van der Waals surface area contributed by atoms with Crippen LogP contribution < -0.4 is 9.47 Å². The number of rotatable bonds is 6. The van der Waals surface area contributed by atoms with Crippen LogP contribution in [0.3, 0.4) is 0 Å². The van der Waals surface area contributed by atoms with Crippen molar-refractivity contribution in [3.05, 3.63) is 66.3 Å². The van der Waals surface area contributed by atoms with Crippen LogP contribution in [0.15, 0.2) is 36.9 Å². The summed E-state index contributed by atoms with van der Waals surface area (Å²) in [4.78, 5) is 20.5. The van der Waals surface area contributed by atoms with E-state index in [1.165, 1.54) is 13.2 Å². The van der Waals surface area contributed by atoms with Gasteiger partial charge in [-0.25, -0.2) is 0 Å². The number of ether oxygens (including phenoxy) is 2. The molecular formula is C15H11IN2O6. The third kappa shape index (κ3) is 3.62. The first-order valence-corrected chi connectivity index (χ1v) is 7.56. The Balaban J connectivity index is 2.54. The fraction of sp³-hybridized carbons (Fsp3) is 0.0667. The minimum atomic E-state index is -0.736. The molecule has 0 amide bonds. The molecule has 124 valence electrons. The summed E-state index contributed by atoms with van der Waals surface area (Å²) in [5.41, 5.74) is -0.102. The zero-order chi connectivity index (χ0) is 17.9. The van der Waals surface area contributed by atoms with Crippen molar-refractivity contribution in [3.63, 3.8) is 0 Å². The number of methoxy groups -OCH3 is 1. The Bertz CT molecular complexity index is 837. The average molecular weight is 442 g/mol. The second-order valence-electron chi connectivity index (χ2n) is 4.51. The van der Waals surface area contributed by atoms with E-state index < -0.39 is 21.2 Å². The van der Waals surface area contributed by atoms with Gasteiger partial charge < -0.3 is 9.47 Å². The van der Waals surface area contributed by atoms with Gasteiger partial charge in [0.05, 0.1) is 26.6 Å². The lowest BCUT2D eigenvalue weighted by Crippen LogP contribution is -1.98. The van der Waals surface area contributed by atoms with Crippen molar-refractivity contribution in [1.82, 2.24) is 0 Å². The Morgan fingerprint density at radius 1 is 1.12 bits per heavy atom. The topological polar surface area (TPSA) is 105 Å². The highest BCUT2D eigenvalue weighted by atomic mass is 127. The highest BCUT2D eigenvalue weighted by molar-refractivity contribution is 14.1. The Kier molecular flexibility index (Phi) is 5.34. The summed E-state index contributed by atoms with van der Waals surface area (Å²) in [5.74, 6) is 0.526. The van der Waals surface area contributed by atoms with E-state index in [0.29, 0.717) is 9.32 Å². The Morgan fingerprint density at radius 2 is 1.83 bits per heavy atom. The second-order valence-corrected chi connectivity index (χ2v) is 5.67. The van der Waals surface area contributed by atoms with Crippen LogP contribution in [-0.4, -0.2) is 17.0 Å². The minimum Gasteiger partial charge on any atom is -0.493 e. The number of benzene rings is 2. The maximum atomic E-state index is 11.2. The number of halogens is 1. The van der Waals surface area contributed by atoms with Gasteiger partial charge in [0.1, 0.15) is 0 Å². The standard InChI is InChI=1S/C15H11IN2O6/c1-3-9-6-11(16)15(14(7-9)23-2)24-13-5-4-10(17(19)20)8-12(13)18(21)22/h3-8H,1H2,2H3. The lowest BCUT2D eigenvalue weighted by Gasteiger charge is -2.13. The highest BCUT2D eigenvalue weighted by Gasteiger charge is 2.23. The summed E-state index contributed by atoms with van der Waals surface area (Å²) in [5, 5.41) is 22.0. The summed E-state index contributed by atoms with van der Waals surface area (Å²) in [6.07, 6.45) is 1.63. The summed E-state index contributed by atoms with van der Waals surface area (Å²) in [6.45, 7) is 3.67. The van der Waals surface area contributed by atoms with Gasteiger partial charge in [-0.3, -0.25) is 20.2 Å². The molecule has 9 heteroatoms. The van der Waals surface area contributed by atoms with Crippen molar-refractivity contribution >= 4 is 40.0 Å². The molecule has 0 radical (unpaired) electrons. The molecule has 0 aromatic heterocycles. The van der Waals surface area contributed by atoms with Crippen molar-refractivity contribution < 1.29 is 19.3 Å². The maximum Gasteiger partial charge on any atom is 0.318 e. The number of hydrogen-bond donors (Lipinski definition) is 0. The Labute approximate surface area is 150 Å². The fourth-order valence-electron chi connectivity index (χ4n) is 1.91. The van der Waals surface area contributed by atoms with Crippen LogP contribution >= 0.6 is 22.6 Å². The molecule has 0 saturated carbocycles. The highest BCUT2D eigenvalue weighted by Crippen LogP contribution is 2.41. The van der Waals surface area contributed by atoms with Gasteiger partial charge in [-0.1, -0.05) is 12.7 Å². The first kappa shape index (κ1) is 17.7. The molecule has 0 atom stereocenters. The van der Waals surface area contributed by atoms with Crippen molar-refractivity contribution in [2.24, 2.45) is 0 Å². The monoisotopic (exact) mass is 442 g/mol. The average Bonchev–Trinajstić information content (AvgIpc) is 2.56. The third-order valence-corrected chi connectivity index (χ3v) is 3.85. The van der Waals surface area contributed by atoms with Crippen molar-refractivity contribution in [1.29, 1.82) is 0 Å². The molecule has 0 saturated heterocycles. The van der Waals surface area contributed by atoms with E-state index in [1.807, 2.05) is 22.6 Å². The molecule has 0 unspecified atom stereocenters. The molecule has 0 aliphatic carbocycles. The van der Waals surface area contributed by atoms with E-state index in [2.05, 4.69) is 6.58 Å². The van der Waals surface area contributed by atoms with E-state index in [0.717, 1.165) is 17.7 Å². The van der Waals surface area contributed by atoms with Crippen LogP contribution in [0.5, 0.6) is 17.2 Å². The first-order valence-electron chi connectivity index (χ1n) is 6.48. The summed E-state index contributed by atoms with van der Waals surface area (Å²) in [7, 11) is 1.44. The molecule has 0 bridgehead atoms. The number of nitro groups is 2. The molecule has 24 heavy (non-hydrogen) atoms. The molecular weight excluding hydrogens is 431 g/mol. The van der Waals surface area contributed by atoms with Gasteiger partial charge in [0.15, 0.2) is 11.5 Å². The molecule has 2 aromatic carbocycles. The van der Waals surface area contributed by atoms with Crippen molar-refractivity contribution in [3.8, 4) is 17.2 Å². The molecule has 2 aromatic rings. The van der Waals surface area contributed by atoms with Crippen molar-refractivity contribution in [2.75, 3.05) is 7.11 Å². The van der Waals surface area contributed by atoms with Gasteiger partial charge in [-0.05, 0) is 46.4 Å². The van der Waals surface area contributed by atoms with Crippen LogP contribution in [0.4, 0.5) is 11.4 Å². The third-order valence-electron chi connectivity index (χ3n) is 3.05. The van der Waals surface area contributed by atoms with Crippen LogP contribution in [0.2, 0.25) is 0 Å². The van der Waals surface area contributed by atoms with Crippen LogP contribution in [0.25, 0.3) is 6.08 Å². The summed E-state index contributed by atoms with van der Waals surface area (Å²) >= 11 is 2.00. The zero-order valence-electron chi connectivity index (χ0n) is 12.4. The van der Waals surface area contributed by atoms with E-state index >= 15 is 0 Å². The van der Waals surface area contributed by atoms with Gasteiger partial charge in [0.2, 0.25) is 5.75 Å². The van der Waals surface area contributed by atoms with Gasteiger partial charge in [-0.2, -0.15) is 0 Å². The van der Waals surface area contributed by atoms with Crippen molar-refractivity contribution in [2.45, 2.75) is 0 Å². The fourth-order valence-corrected chi connectivity index (χ4v) is 2.65. The first-order chi connectivity index (χ1) is 11.4. The Morgan fingerprint density at radius 3 is 2.38 bits per heavy atom. The number of non-ortho nitro benzene ring substituents is 1. The molecule has 0 N–H and O–H groups in total. The van der Waals surface area contributed by atoms with Crippen LogP contribution in [0.1, 0.15) is 5.56 Å². The van der Waals surface area contributed by atoms with Gasteiger partial charge in [-0.15, -0.1) is 0 Å². The molecule has 0 heterocycles. The minimum absolute atomic E-state index is 0.117. The van der Waals surface area contributed by atoms with Crippen LogP contribution in [-0.2, 0) is 0 Å². The quantitative estimate of drug-likeness (QED) is 0.369. The van der Waals surface area contributed by atoms with Crippen LogP contribution in [0, 0.1) is 23.8 Å². The second kappa shape index (κ2) is 7.25. The maximum absolute atomic E-state index is 11.2. The molecule has 0 fully saturated rings. The Hall–Kier alpha value is -2.69. The van der Waals surface area contributed by atoms with Gasteiger partial charge in [0, 0.05) is 6.07 Å². The lowest BCUT2D eigenvalue weighted by atomic mass is 10.2. The molecule has 0 aliphatic rings. The van der Waals surface area contributed by atoms with E-state index in [9.17, 15) is 20.2 Å². The summed E-state index contributed by atoms with van der Waals surface area (Å²) in [6, 6.07) is 6.62. The van der Waals surface area contributed by atoms with Gasteiger partial charge in [0.25, 0.3) is 5.69 Å². The number of nitrogens with zero attached hydrogens (tertiary/aromatic N) is 2. The number of nitro benzene ring substituents is 2. The van der Waals surface area contributed by atoms with Gasteiger partial charge >= 0.3 is 5.69 Å². The predicted octanol–water partition coefficient (Wildman–Crippen LogP) is 4.55. The zero-order valence-corrected chi connectivity index (χ0v) is 14.6. The van der Waals surface area contributed by atoms with E-state index in [-0.39, 0.29) is 11.5 Å². The lowest BCUT2D eigenvalue weighted by molar-refractivity contribution is -0.394. The molecule has 0 aliphatic heterocycles. The van der Waals surface area contributed by atoms with E-state index in [1.54, 1.807) is 18.2 Å². The largest absolute Gasteiger partial charge is 0.493 e. The smallest absolute Gasteiger partial charge is 0.318 e. The molecule has 0 spiro atoms. The molecule has 2 rings (SSSR count).